The van der Waals surface area contributed by atoms with E-state index in [0.717, 1.165) is 6.42 Å². The summed E-state index contributed by atoms with van der Waals surface area (Å²) in [6, 6.07) is -0.00389. The van der Waals surface area contributed by atoms with Gasteiger partial charge in [0, 0.05) is 12.6 Å². The van der Waals surface area contributed by atoms with Gasteiger partial charge in [-0.25, -0.2) is 4.98 Å². The van der Waals surface area contributed by atoms with E-state index in [1.54, 1.807) is 0 Å². The Morgan fingerprint density at radius 1 is 1.56 bits per heavy atom. The first-order chi connectivity index (χ1) is 8.33. The van der Waals surface area contributed by atoms with Gasteiger partial charge in [0.1, 0.15) is 0 Å². The van der Waals surface area contributed by atoms with Crippen LogP contribution in [0.3, 0.4) is 0 Å². The van der Waals surface area contributed by atoms with Crippen LogP contribution in [0, 0.1) is 5.41 Å². The number of aromatic nitrogens is 2. The molecular weight excluding hydrogens is 232 g/mol. The summed E-state index contributed by atoms with van der Waals surface area (Å²) in [5.74, 6) is 0.603. The van der Waals surface area contributed by atoms with Gasteiger partial charge in [0.2, 0.25) is 5.75 Å². The Hall–Kier alpha value is -1.56. The van der Waals surface area contributed by atoms with Gasteiger partial charge in [0.15, 0.2) is 5.82 Å². The fourth-order valence-electron chi connectivity index (χ4n) is 1.79. The lowest BCUT2D eigenvalue weighted by atomic mass is 9.88. The Kier molecular flexibility index (Phi) is 4.72. The molecule has 0 amide bonds. The Morgan fingerprint density at radius 3 is 2.78 bits per heavy atom. The van der Waals surface area contributed by atoms with Crippen molar-refractivity contribution in [1.29, 1.82) is 0 Å². The molecule has 0 saturated heterocycles. The van der Waals surface area contributed by atoms with E-state index in [1.165, 1.54) is 13.4 Å². The molecule has 1 rings (SSSR count). The van der Waals surface area contributed by atoms with Crippen LogP contribution in [-0.2, 0) is 0 Å². The van der Waals surface area contributed by atoms with Crippen LogP contribution >= 0.6 is 0 Å². The minimum Gasteiger partial charge on any atom is -0.489 e. The fraction of sp³-hybridized carbons (Fsp3) is 0.667. The molecule has 18 heavy (non-hydrogen) atoms. The Bertz CT molecular complexity index is 436. The van der Waals surface area contributed by atoms with Gasteiger partial charge in [-0.1, -0.05) is 20.8 Å². The average molecular weight is 254 g/mol. The second kappa shape index (κ2) is 5.86. The molecular formula is C12H22N4O2. The van der Waals surface area contributed by atoms with Gasteiger partial charge in [0.05, 0.1) is 13.4 Å². The minimum absolute atomic E-state index is 0.00389. The first kappa shape index (κ1) is 14.5. The van der Waals surface area contributed by atoms with Crippen LogP contribution in [0.2, 0.25) is 0 Å². The summed E-state index contributed by atoms with van der Waals surface area (Å²) in [5.41, 5.74) is 5.89. The van der Waals surface area contributed by atoms with Crippen LogP contribution in [0.25, 0.3) is 0 Å². The highest BCUT2D eigenvalue weighted by atomic mass is 16.5. The molecule has 0 aliphatic heterocycles. The van der Waals surface area contributed by atoms with Crippen molar-refractivity contribution in [3.05, 3.63) is 16.7 Å². The lowest BCUT2D eigenvalue weighted by Crippen LogP contribution is -2.33. The van der Waals surface area contributed by atoms with Crippen molar-refractivity contribution < 1.29 is 4.74 Å². The van der Waals surface area contributed by atoms with Crippen molar-refractivity contribution in [1.82, 2.24) is 9.97 Å². The highest BCUT2D eigenvalue weighted by Crippen LogP contribution is 2.20. The molecule has 1 heterocycles. The van der Waals surface area contributed by atoms with Crippen molar-refractivity contribution in [2.45, 2.75) is 33.2 Å². The Balaban J connectivity index is 2.64. The van der Waals surface area contributed by atoms with Gasteiger partial charge >= 0.3 is 0 Å². The molecule has 0 radical (unpaired) electrons. The highest BCUT2D eigenvalue weighted by molar-refractivity contribution is 5.47. The number of hydrogen-bond acceptors (Lipinski definition) is 5. The maximum atomic E-state index is 11.5. The summed E-state index contributed by atoms with van der Waals surface area (Å²) in [6.45, 7) is 6.96. The van der Waals surface area contributed by atoms with E-state index in [4.69, 9.17) is 10.5 Å². The third-order valence-corrected chi connectivity index (χ3v) is 2.42. The van der Waals surface area contributed by atoms with Crippen molar-refractivity contribution >= 4 is 5.82 Å². The van der Waals surface area contributed by atoms with Gasteiger partial charge in [-0.3, -0.25) is 4.79 Å². The van der Waals surface area contributed by atoms with Gasteiger partial charge in [-0.05, 0) is 11.8 Å². The quantitative estimate of drug-likeness (QED) is 0.727. The SMILES string of the molecule is COc1c(NCC(N)CC(C)(C)C)nc[nH]c1=O. The van der Waals surface area contributed by atoms with Crippen LogP contribution in [-0.4, -0.2) is 29.7 Å². The van der Waals surface area contributed by atoms with Crippen LogP contribution in [0.1, 0.15) is 27.2 Å². The van der Waals surface area contributed by atoms with E-state index in [-0.39, 0.29) is 22.8 Å². The predicted molar refractivity (Wildman–Crippen MR) is 71.9 cm³/mol. The number of rotatable bonds is 5. The topological polar surface area (TPSA) is 93.0 Å². The standard InChI is InChI=1S/C12H22N4O2/c1-12(2,3)5-8(13)6-14-10-9(18-4)11(17)16-7-15-10/h7-8H,5-6,13H2,1-4H3,(H2,14,15,16,17). The molecule has 0 aliphatic rings. The van der Waals surface area contributed by atoms with Gasteiger partial charge in [0.25, 0.3) is 5.56 Å². The molecule has 0 aromatic carbocycles. The Morgan fingerprint density at radius 2 is 2.22 bits per heavy atom. The Labute approximate surface area is 107 Å². The van der Waals surface area contributed by atoms with Gasteiger partial charge in [-0.2, -0.15) is 0 Å². The highest BCUT2D eigenvalue weighted by Gasteiger charge is 2.16. The number of nitrogens with one attached hydrogen (secondary N) is 2. The largest absolute Gasteiger partial charge is 0.489 e. The number of nitrogens with two attached hydrogens (primary N) is 1. The lowest BCUT2D eigenvalue weighted by Gasteiger charge is -2.23. The van der Waals surface area contributed by atoms with E-state index < -0.39 is 0 Å². The van der Waals surface area contributed by atoms with E-state index in [1.807, 2.05) is 0 Å². The zero-order valence-corrected chi connectivity index (χ0v) is 11.4. The number of methoxy groups -OCH3 is 1. The maximum absolute atomic E-state index is 11.5. The summed E-state index contributed by atoms with van der Waals surface area (Å²) in [4.78, 5) is 17.9. The number of H-pyrrole nitrogens is 1. The molecule has 1 atom stereocenters. The minimum atomic E-state index is -0.306. The molecule has 1 aromatic heterocycles. The molecule has 6 heteroatoms. The third-order valence-electron chi connectivity index (χ3n) is 2.42. The summed E-state index contributed by atoms with van der Waals surface area (Å²) in [7, 11) is 1.44. The second-order valence-corrected chi connectivity index (χ2v) is 5.52. The first-order valence-electron chi connectivity index (χ1n) is 5.94. The molecule has 0 spiro atoms. The van der Waals surface area contributed by atoms with E-state index in [2.05, 4.69) is 36.1 Å². The van der Waals surface area contributed by atoms with Crippen molar-refractivity contribution in [2.24, 2.45) is 11.1 Å². The molecule has 0 fully saturated rings. The molecule has 1 unspecified atom stereocenters. The summed E-state index contributed by atoms with van der Waals surface area (Å²) in [5, 5.41) is 3.05. The second-order valence-electron chi connectivity index (χ2n) is 5.52. The third kappa shape index (κ3) is 4.37. The molecule has 1 aromatic rings. The average Bonchev–Trinajstić information content (AvgIpc) is 2.24. The van der Waals surface area contributed by atoms with Crippen LogP contribution in [0.15, 0.2) is 11.1 Å². The zero-order valence-electron chi connectivity index (χ0n) is 11.4. The number of aromatic amines is 1. The molecule has 6 nitrogen and oxygen atoms in total. The molecule has 0 bridgehead atoms. The molecule has 4 N–H and O–H groups in total. The van der Waals surface area contributed by atoms with Crippen LogP contribution in [0.5, 0.6) is 5.75 Å². The number of ether oxygens (including phenoxy) is 1. The summed E-state index contributed by atoms with van der Waals surface area (Å²) in [6.07, 6.45) is 2.22. The van der Waals surface area contributed by atoms with Gasteiger partial charge < -0.3 is 20.8 Å². The summed E-state index contributed by atoms with van der Waals surface area (Å²) < 4.78 is 5.00. The number of hydrogen-bond donors (Lipinski definition) is 3. The monoisotopic (exact) mass is 254 g/mol. The van der Waals surface area contributed by atoms with Crippen molar-refractivity contribution in [3.8, 4) is 5.75 Å². The fourth-order valence-corrected chi connectivity index (χ4v) is 1.79. The van der Waals surface area contributed by atoms with Crippen LogP contribution < -0.4 is 21.3 Å². The molecule has 102 valence electrons. The summed E-state index contributed by atoms with van der Waals surface area (Å²) >= 11 is 0. The van der Waals surface area contributed by atoms with Crippen molar-refractivity contribution in [3.63, 3.8) is 0 Å². The van der Waals surface area contributed by atoms with Crippen LogP contribution in [0.4, 0.5) is 5.82 Å². The predicted octanol–water partition coefficient (Wildman–Crippen LogP) is 0.954. The number of anilines is 1. The van der Waals surface area contributed by atoms with E-state index >= 15 is 0 Å². The number of nitrogens with zero attached hydrogens (tertiary/aromatic N) is 1. The smallest absolute Gasteiger partial charge is 0.295 e. The molecule has 0 saturated carbocycles. The normalized spacial score (nSPS) is 13.2. The van der Waals surface area contributed by atoms with E-state index in [9.17, 15) is 4.79 Å². The lowest BCUT2D eigenvalue weighted by molar-refractivity contribution is 0.344. The zero-order chi connectivity index (χ0) is 13.8. The van der Waals surface area contributed by atoms with Crippen molar-refractivity contribution in [2.75, 3.05) is 19.0 Å². The van der Waals surface area contributed by atoms with E-state index in [0.29, 0.717) is 12.4 Å². The molecule has 0 aliphatic carbocycles. The maximum Gasteiger partial charge on any atom is 0.295 e. The first-order valence-corrected chi connectivity index (χ1v) is 5.94. The van der Waals surface area contributed by atoms with Gasteiger partial charge in [-0.15, -0.1) is 0 Å².